The highest BCUT2D eigenvalue weighted by molar-refractivity contribution is 5.83. The summed E-state index contributed by atoms with van der Waals surface area (Å²) in [6, 6.07) is 10.6. The molecule has 0 bridgehead atoms. The molecule has 3 atom stereocenters. The van der Waals surface area contributed by atoms with Gasteiger partial charge in [-0.05, 0) is 36.0 Å². The number of ether oxygens (including phenoxy) is 3. The Morgan fingerprint density at radius 1 is 1.00 bits per heavy atom. The lowest BCUT2D eigenvalue weighted by atomic mass is 9.66. The first-order valence-corrected chi connectivity index (χ1v) is 11.1. The lowest BCUT2D eigenvalue weighted by Gasteiger charge is -2.38. The second-order valence-electron chi connectivity index (χ2n) is 8.60. The molecule has 0 radical (unpaired) electrons. The summed E-state index contributed by atoms with van der Waals surface area (Å²) in [6.45, 7) is 0. The molecule has 4 rings (SSSR count). The minimum atomic E-state index is -4.98. The van der Waals surface area contributed by atoms with Crippen LogP contribution in [0.15, 0.2) is 36.4 Å². The number of hydrogen-bond donors (Lipinski definition) is 1. The molecule has 2 aliphatic carbocycles. The van der Waals surface area contributed by atoms with E-state index in [0.29, 0.717) is 29.2 Å². The monoisotopic (exact) mass is 463 g/mol. The first-order valence-electron chi connectivity index (χ1n) is 11.1. The van der Waals surface area contributed by atoms with Gasteiger partial charge >= 0.3 is 12.1 Å². The third-order valence-corrected chi connectivity index (χ3v) is 7.10. The van der Waals surface area contributed by atoms with E-state index in [-0.39, 0.29) is 5.92 Å². The van der Waals surface area contributed by atoms with Crippen molar-refractivity contribution in [3.63, 3.8) is 0 Å². The van der Waals surface area contributed by atoms with Crippen LogP contribution in [0, 0.1) is 5.92 Å². The molecule has 1 N–H and O–H groups in total. The normalized spacial score (nSPS) is 24.3. The Kier molecular flexibility index (Phi) is 6.20. The number of rotatable bonds is 5. The summed E-state index contributed by atoms with van der Waals surface area (Å²) in [4.78, 5) is 12.1. The largest absolute Gasteiger partial charge is 0.493 e. The lowest BCUT2D eigenvalue weighted by molar-refractivity contribution is -0.174. The van der Waals surface area contributed by atoms with Crippen LogP contribution in [-0.4, -0.2) is 33.4 Å². The third kappa shape index (κ3) is 3.69. The van der Waals surface area contributed by atoms with E-state index in [2.05, 4.69) is 5.32 Å². The van der Waals surface area contributed by atoms with Crippen LogP contribution >= 0.6 is 0 Å². The Bertz CT molecular complexity index is 1020. The molecule has 0 aliphatic heterocycles. The zero-order chi connectivity index (χ0) is 23.8. The summed E-state index contributed by atoms with van der Waals surface area (Å²) in [7, 11) is 4.49. The van der Waals surface area contributed by atoms with Crippen LogP contribution in [-0.2, 0) is 10.2 Å². The van der Waals surface area contributed by atoms with Crippen molar-refractivity contribution in [3.05, 3.63) is 53.1 Å². The summed E-state index contributed by atoms with van der Waals surface area (Å²) in [5.41, 5.74) is 1.71. The molecule has 1 amide bonds. The van der Waals surface area contributed by atoms with E-state index in [1.165, 1.54) is 21.3 Å². The van der Waals surface area contributed by atoms with Gasteiger partial charge in [-0.2, -0.15) is 13.2 Å². The highest BCUT2D eigenvalue weighted by Crippen LogP contribution is 2.64. The topological polar surface area (TPSA) is 56.8 Å². The van der Waals surface area contributed by atoms with Gasteiger partial charge in [0.25, 0.3) is 0 Å². The number of halogens is 3. The van der Waals surface area contributed by atoms with Gasteiger partial charge in [-0.15, -0.1) is 0 Å². The maximum Gasteiger partial charge on any atom is 0.471 e. The summed E-state index contributed by atoms with van der Waals surface area (Å²) in [5, 5.41) is 2.32. The zero-order valence-electron chi connectivity index (χ0n) is 18.9. The van der Waals surface area contributed by atoms with E-state index in [9.17, 15) is 18.0 Å². The van der Waals surface area contributed by atoms with Gasteiger partial charge in [0.1, 0.15) is 0 Å². The number of hydrogen-bond acceptors (Lipinski definition) is 4. The molecule has 5 nitrogen and oxygen atoms in total. The Morgan fingerprint density at radius 2 is 1.70 bits per heavy atom. The number of benzene rings is 2. The van der Waals surface area contributed by atoms with Crippen LogP contribution < -0.4 is 19.5 Å². The molecule has 1 saturated carbocycles. The number of alkyl halides is 3. The van der Waals surface area contributed by atoms with Gasteiger partial charge < -0.3 is 19.5 Å². The van der Waals surface area contributed by atoms with E-state index in [1.807, 2.05) is 30.3 Å². The lowest BCUT2D eigenvalue weighted by Crippen LogP contribution is -2.43. The van der Waals surface area contributed by atoms with E-state index in [0.717, 1.165) is 36.8 Å². The molecule has 0 spiro atoms. The van der Waals surface area contributed by atoms with Gasteiger partial charge in [0.05, 0.1) is 27.4 Å². The smallest absolute Gasteiger partial charge is 0.471 e. The van der Waals surface area contributed by atoms with Crippen LogP contribution in [0.2, 0.25) is 0 Å². The third-order valence-electron chi connectivity index (χ3n) is 7.10. The second-order valence-corrected chi connectivity index (χ2v) is 8.60. The Balaban J connectivity index is 2.05. The highest BCUT2D eigenvalue weighted by Gasteiger charge is 2.57. The fraction of sp³-hybridized carbons (Fsp3) is 0.480. The fourth-order valence-corrected chi connectivity index (χ4v) is 5.88. The number of carbonyl (C=O) groups is 1. The number of nitrogens with one attached hydrogen (secondary N) is 1. The molecule has 33 heavy (non-hydrogen) atoms. The average molecular weight is 463 g/mol. The summed E-state index contributed by atoms with van der Waals surface area (Å²) < 4.78 is 57.0. The van der Waals surface area contributed by atoms with E-state index < -0.39 is 23.5 Å². The Hall–Kier alpha value is -2.90. The van der Waals surface area contributed by atoms with Gasteiger partial charge in [0, 0.05) is 11.0 Å². The van der Waals surface area contributed by atoms with Crippen molar-refractivity contribution in [1.29, 1.82) is 0 Å². The van der Waals surface area contributed by atoms with Gasteiger partial charge in [0.15, 0.2) is 11.5 Å². The molecule has 2 aromatic rings. The van der Waals surface area contributed by atoms with Crippen LogP contribution in [0.3, 0.4) is 0 Å². The van der Waals surface area contributed by atoms with Crippen molar-refractivity contribution in [2.24, 2.45) is 5.92 Å². The minimum Gasteiger partial charge on any atom is -0.493 e. The van der Waals surface area contributed by atoms with E-state index >= 15 is 0 Å². The van der Waals surface area contributed by atoms with Gasteiger partial charge in [-0.25, -0.2) is 0 Å². The predicted molar refractivity (Wildman–Crippen MR) is 117 cm³/mol. The molecule has 178 valence electrons. The molecule has 2 aliphatic rings. The Morgan fingerprint density at radius 3 is 2.30 bits per heavy atom. The van der Waals surface area contributed by atoms with E-state index in [1.54, 1.807) is 6.07 Å². The first kappa shape index (κ1) is 23.3. The number of amides is 1. The predicted octanol–water partition coefficient (Wildman–Crippen LogP) is 5.31. The van der Waals surface area contributed by atoms with Crippen LogP contribution in [0.4, 0.5) is 13.2 Å². The van der Waals surface area contributed by atoms with E-state index in [4.69, 9.17) is 14.2 Å². The second kappa shape index (κ2) is 8.80. The van der Waals surface area contributed by atoms with Gasteiger partial charge in [0.2, 0.25) is 5.75 Å². The maximum absolute atomic E-state index is 13.3. The molecule has 2 unspecified atom stereocenters. The summed E-state index contributed by atoms with van der Waals surface area (Å²) >= 11 is 0. The summed E-state index contributed by atoms with van der Waals surface area (Å²) in [6.07, 6.45) is -0.858. The number of fused-ring (bicyclic) bond motifs is 3. The number of carbonyl (C=O) groups excluding carboxylic acids is 1. The number of methoxy groups -OCH3 is 3. The maximum atomic E-state index is 13.3. The molecule has 0 heterocycles. The SMILES string of the molecule is COc1cc2c(c(OC)c1OC)C1(c3ccccc3)CCCCCC1[C@@H]2NC(=O)C(F)(F)F. The van der Waals surface area contributed by atoms with Crippen LogP contribution in [0.25, 0.3) is 0 Å². The fourth-order valence-electron chi connectivity index (χ4n) is 5.88. The highest BCUT2D eigenvalue weighted by atomic mass is 19.4. The zero-order valence-corrected chi connectivity index (χ0v) is 18.9. The molecule has 0 aromatic heterocycles. The Labute approximate surface area is 191 Å². The van der Waals surface area contributed by atoms with Crippen molar-refractivity contribution < 1.29 is 32.2 Å². The summed E-state index contributed by atoms with van der Waals surface area (Å²) in [5.74, 6) is -1.06. The molecule has 0 saturated heterocycles. The van der Waals surface area contributed by atoms with Crippen molar-refractivity contribution in [2.75, 3.05) is 21.3 Å². The minimum absolute atomic E-state index is 0.283. The van der Waals surface area contributed by atoms with Crippen LogP contribution in [0.5, 0.6) is 17.2 Å². The van der Waals surface area contributed by atoms with Crippen molar-refractivity contribution in [3.8, 4) is 17.2 Å². The van der Waals surface area contributed by atoms with Crippen LogP contribution in [0.1, 0.15) is 54.8 Å². The molecular formula is C25H28F3NO4. The quantitative estimate of drug-likeness (QED) is 0.653. The molecule has 2 aromatic carbocycles. The van der Waals surface area contributed by atoms with Gasteiger partial charge in [-0.3, -0.25) is 4.79 Å². The van der Waals surface area contributed by atoms with Crippen molar-refractivity contribution in [1.82, 2.24) is 5.32 Å². The first-order chi connectivity index (χ1) is 15.8. The average Bonchev–Trinajstić information content (AvgIpc) is 2.93. The van der Waals surface area contributed by atoms with Gasteiger partial charge in [-0.1, -0.05) is 49.6 Å². The molecule has 8 heteroatoms. The van der Waals surface area contributed by atoms with Crippen molar-refractivity contribution >= 4 is 5.91 Å². The molecule has 1 fully saturated rings. The molecular weight excluding hydrogens is 435 g/mol. The van der Waals surface area contributed by atoms with Crippen molar-refractivity contribution in [2.45, 2.75) is 49.7 Å². The standard InChI is InChI=1S/C25H28F3NO4/c1-31-18-14-16-19(22(33-3)21(18)32-2)24(15-10-6-4-7-11-15)13-9-5-8-12-17(24)20(16)29-23(30)25(26,27)28/h4,6-7,10-11,14,17,20H,5,8-9,12-13H2,1-3H3,(H,29,30)/t17?,20-,24?/m1/s1.